The van der Waals surface area contributed by atoms with E-state index in [1.165, 1.54) is 13.8 Å². The molecule has 1 aliphatic heterocycles. The van der Waals surface area contributed by atoms with Crippen molar-refractivity contribution in [1.29, 1.82) is 0 Å². The molecule has 0 bridgehead atoms. The Balaban J connectivity index is 1.53. The van der Waals surface area contributed by atoms with Gasteiger partial charge in [-0.3, -0.25) is 4.90 Å². The zero-order chi connectivity index (χ0) is 27.4. The Hall–Kier alpha value is -2.88. The van der Waals surface area contributed by atoms with Crippen LogP contribution in [0.3, 0.4) is 0 Å². The highest BCUT2D eigenvalue weighted by atomic mass is 19.1. The zero-order valence-electron chi connectivity index (χ0n) is 21.9. The molecule has 38 heavy (non-hydrogen) atoms. The lowest BCUT2D eigenvalue weighted by Gasteiger charge is -2.44. The number of benzene rings is 2. The SMILES string of the molecule is C[C@@H]1CC2=C(Cc3ccccc32)[C@@H](c2c(F)cc(OCCOCCOCC(=O)O)cc2F)N1CC(C)(C)F. The summed E-state index contributed by atoms with van der Waals surface area (Å²) in [6.07, 6.45) is 1.25. The monoisotopic (exact) mass is 533 g/mol. The van der Waals surface area contributed by atoms with Crippen LogP contribution in [-0.2, 0) is 20.7 Å². The predicted molar refractivity (Wildman–Crippen MR) is 137 cm³/mol. The predicted octanol–water partition coefficient (Wildman–Crippen LogP) is 5.35. The molecule has 1 N–H and O–H groups in total. The number of halogens is 3. The van der Waals surface area contributed by atoms with E-state index >= 15 is 8.78 Å². The van der Waals surface area contributed by atoms with Gasteiger partial charge in [0.05, 0.1) is 25.9 Å². The van der Waals surface area contributed by atoms with Gasteiger partial charge in [0.25, 0.3) is 0 Å². The van der Waals surface area contributed by atoms with E-state index in [4.69, 9.17) is 19.3 Å². The third-order valence-corrected chi connectivity index (χ3v) is 6.82. The van der Waals surface area contributed by atoms with E-state index < -0.39 is 35.9 Å². The third-order valence-electron chi connectivity index (χ3n) is 6.82. The van der Waals surface area contributed by atoms with Crippen LogP contribution < -0.4 is 4.74 Å². The molecule has 1 heterocycles. The molecule has 2 aromatic rings. The molecule has 0 spiro atoms. The van der Waals surface area contributed by atoms with Crippen molar-refractivity contribution in [1.82, 2.24) is 4.90 Å². The topological polar surface area (TPSA) is 68.2 Å². The van der Waals surface area contributed by atoms with Crippen LogP contribution >= 0.6 is 0 Å². The van der Waals surface area contributed by atoms with Crippen LogP contribution in [0.25, 0.3) is 5.57 Å². The fraction of sp³-hybridized carbons (Fsp3) is 0.483. The highest BCUT2D eigenvalue weighted by Gasteiger charge is 2.42. The lowest BCUT2D eigenvalue weighted by molar-refractivity contribution is -0.142. The molecule has 9 heteroatoms. The Morgan fingerprint density at radius 3 is 2.42 bits per heavy atom. The molecule has 0 radical (unpaired) electrons. The summed E-state index contributed by atoms with van der Waals surface area (Å²) in [5, 5.41) is 8.52. The van der Waals surface area contributed by atoms with Crippen molar-refractivity contribution in [2.75, 3.05) is 39.6 Å². The van der Waals surface area contributed by atoms with E-state index in [1.54, 1.807) is 0 Å². The normalized spacial score (nSPS) is 19.4. The Kier molecular flexibility index (Phi) is 8.80. The maximum Gasteiger partial charge on any atom is 0.329 e. The summed E-state index contributed by atoms with van der Waals surface area (Å²) in [6, 6.07) is 9.46. The van der Waals surface area contributed by atoms with E-state index in [2.05, 4.69) is 0 Å². The van der Waals surface area contributed by atoms with Gasteiger partial charge in [-0.1, -0.05) is 24.3 Å². The summed E-state index contributed by atoms with van der Waals surface area (Å²) >= 11 is 0. The number of nitrogens with zero attached hydrogens (tertiary/aromatic N) is 1. The van der Waals surface area contributed by atoms with E-state index in [1.807, 2.05) is 36.1 Å². The van der Waals surface area contributed by atoms with Crippen LogP contribution in [0, 0.1) is 11.6 Å². The van der Waals surface area contributed by atoms with E-state index in [0.717, 1.165) is 34.4 Å². The third kappa shape index (κ3) is 6.57. The van der Waals surface area contributed by atoms with Gasteiger partial charge in [0.1, 0.15) is 36.3 Å². The van der Waals surface area contributed by atoms with Gasteiger partial charge < -0.3 is 19.3 Å². The molecule has 2 aromatic carbocycles. The molecule has 6 nitrogen and oxygen atoms in total. The number of rotatable bonds is 12. The van der Waals surface area contributed by atoms with Gasteiger partial charge in [-0.15, -0.1) is 0 Å². The van der Waals surface area contributed by atoms with Gasteiger partial charge >= 0.3 is 5.97 Å². The van der Waals surface area contributed by atoms with Crippen LogP contribution in [0.1, 0.15) is 49.9 Å². The largest absolute Gasteiger partial charge is 0.491 e. The minimum atomic E-state index is -1.55. The summed E-state index contributed by atoms with van der Waals surface area (Å²) in [5.41, 5.74) is 2.58. The molecular weight excluding hydrogens is 499 g/mol. The first-order valence-electron chi connectivity index (χ1n) is 12.8. The van der Waals surface area contributed by atoms with E-state index in [0.29, 0.717) is 12.8 Å². The Morgan fingerprint density at radius 2 is 1.74 bits per heavy atom. The van der Waals surface area contributed by atoms with Crippen molar-refractivity contribution in [2.45, 2.75) is 51.4 Å². The van der Waals surface area contributed by atoms with Gasteiger partial charge in [-0.05, 0) is 55.9 Å². The summed E-state index contributed by atoms with van der Waals surface area (Å²) in [4.78, 5) is 12.3. The van der Waals surface area contributed by atoms with Crippen molar-refractivity contribution in [3.05, 3.63) is 70.3 Å². The Morgan fingerprint density at radius 1 is 1.08 bits per heavy atom. The molecule has 0 amide bonds. The average Bonchev–Trinajstić information content (AvgIpc) is 3.19. The van der Waals surface area contributed by atoms with Crippen LogP contribution in [0.15, 0.2) is 42.0 Å². The Bertz CT molecular complexity index is 1170. The van der Waals surface area contributed by atoms with Crippen molar-refractivity contribution in [3.8, 4) is 5.75 Å². The van der Waals surface area contributed by atoms with Gasteiger partial charge in [0.15, 0.2) is 0 Å². The van der Waals surface area contributed by atoms with Crippen LogP contribution in [0.4, 0.5) is 13.2 Å². The van der Waals surface area contributed by atoms with Crippen LogP contribution in [-0.4, -0.2) is 67.3 Å². The van der Waals surface area contributed by atoms with E-state index in [9.17, 15) is 9.18 Å². The highest BCUT2D eigenvalue weighted by molar-refractivity contribution is 5.79. The second-order valence-corrected chi connectivity index (χ2v) is 10.4. The van der Waals surface area contributed by atoms with Crippen molar-refractivity contribution < 1.29 is 37.3 Å². The minimum absolute atomic E-state index is 0.0274. The number of carbonyl (C=O) groups is 1. The molecule has 0 unspecified atom stereocenters. The van der Waals surface area contributed by atoms with Gasteiger partial charge in [-0.25, -0.2) is 18.0 Å². The summed E-state index contributed by atoms with van der Waals surface area (Å²) in [5.74, 6) is -2.53. The average molecular weight is 534 g/mol. The van der Waals surface area contributed by atoms with Crippen molar-refractivity contribution in [2.24, 2.45) is 0 Å². The maximum absolute atomic E-state index is 15.6. The maximum atomic E-state index is 15.6. The molecule has 1 aliphatic carbocycles. The number of carboxylic acid groups (broad SMARTS) is 1. The molecule has 4 rings (SSSR count). The Labute approximate surface area is 221 Å². The lowest BCUT2D eigenvalue weighted by atomic mass is 9.84. The summed E-state index contributed by atoms with van der Waals surface area (Å²) in [7, 11) is 0. The first kappa shape index (κ1) is 28.1. The van der Waals surface area contributed by atoms with Gasteiger partial charge in [0.2, 0.25) is 0 Å². The summed E-state index contributed by atoms with van der Waals surface area (Å²) in [6.45, 7) is 5.02. The highest BCUT2D eigenvalue weighted by Crippen LogP contribution is 2.50. The van der Waals surface area contributed by atoms with Crippen LogP contribution in [0.2, 0.25) is 0 Å². The molecule has 2 atom stereocenters. The molecule has 0 saturated heterocycles. The fourth-order valence-electron chi connectivity index (χ4n) is 5.35. The van der Waals surface area contributed by atoms with Crippen LogP contribution in [0.5, 0.6) is 5.75 Å². The number of hydrogen-bond acceptors (Lipinski definition) is 5. The van der Waals surface area contributed by atoms with Gasteiger partial charge in [-0.2, -0.15) is 0 Å². The fourth-order valence-corrected chi connectivity index (χ4v) is 5.35. The van der Waals surface area contributed by atoms with E-state index in [-0.39, 0.29) is 50.3 Å². The zero-order valence-corrected chi connectivity index (χ0v) is 21.9. The molecule has 0 saturated carbocycles. The molecule has 206 valence electrons. The molecule has 0 fully saturated rings. The second kappa shape index (κ2) is 11.9. The number of aliphatic carboxylic acids is 1. The quantitative estimate of drug-likeness (QED) is 0.371. The molecular formula is C29H34F3NO5. The smallest absolute Gasteiger partial charge is 0.329 e. The molecule has 0 aromatic heterocycles. The van der Waals surface area contributed by atoms with Crippen molar-refractivity contribution in [3.63, 3.8) is 0 Å². The number of alkyl halides is 1. The first-order chi connectivity index (χ1) is 18.0. The number of fused-ring (bicyclic) bond motifs is 2. The standard InChI is InChI=1S/C29H34F3NO5/c1-18-12-22-21-7-5-4-6-19(21)13-23(22)28(33(18)17-29(2,3)32)27-24(30)14-20(15-25(27)31)38-11-10-36-8-9-37-16-26(34)35/h4-7,14-15,18,28H,8-13,16-17H2,1-3H3,(H,34,35)/t18-,28+/m1/s1. The summed E-state index contributed by atoms with van der Waals surface area (Å²) < 4.78 is 61.8. The first-order valence-corrected chi connectivity index (χ1v) is 12.8. The second-order valence-electron chi connectivity index (χ2n) is 10.4. The minimum Gasteiger partial charge on any atom is -0.491 e. The lowest BCUT2D eigenvalue weighted by Crippen LogP contribution is -2.47. The van der Waals surface area contributed by atoms with Crippen molar-refractivity contribution >= 4 is 11.5 Å². The number of ether oxygens (including phenoxy) is 3. The number of hydrogen-bond donors (Lipinski definition) is 1. The number of carboxylic acids is 1. The van der Waals surface area contributed by atoms with Gasteiger partial charge in [0, 0.05) is 30.3 Å². The molecule has 2 aliphatic rings.